The van der Waals surface area contributed by atoms with Crippen LogP contribution in [-0.2, 0) is 32.7 Å². The summed E-state index contributed by atoms with van der Waals surface area (Å²) in [5, 5.41) is 0. The highest BCUT2D eigenvalue weighted by Gasteiger charge is 2.26. The van der Waals surface area contributed by atoms with Crippen LogP contribution in [0.2, 0.25) is 0 Å². The van der Waals surface area contributed by atoms with Crippen molar-refractivity contribution in [3.05, 3.63) is 134 Å². The Morgan fingerprint density at radius 2 is 0.547 bits per heavy atom. The lowest BCUT2D eigenvalue weighted by atomic mass is 10.0. The normalized spacial score (nSPS) is 13.6. The largest absolute Gasteiger partial charge is 0.472 e. The first kappa shape index (κ1) is 91.2. The first-order valence-corrected chi connectivity index (χ1v) is 41.2. The third-order valence-electron chi connectivity index (χ3n) is 17.0. The van der Waals surface area contributed by atoms with Gasteiger partial charge in [-0.1, -0.05) is 372 Å². The fraction of sp³-hybridized carbons (Fsp3) is 0.718. The van der Waals surface area contributed by atoms with Crippen molar-refractivity contribution in [2.75, 3.05) is 26.4 Å². The number of unbranched alkanes of at least 4 members (excludes halogenated alkanes) is 39. The Morgan fingerprint density at radius 3 is 0.811 bits per heavy atom. The van der Waals surface area contributed by atoms with E-state index in [1.165, 1.54) is 218 Å². The summed E-state index contributed by atoms with van der Waals surface area (Å²) in [6, 6.07) is 0. The fourth-order valence-corrected chi connectivity index (χ4v) is 12.0. The molecule has 0 rings (SSSR count). The number of phosphoric ester groups is 1. The van der Waals surface area contributed by atoms with Gasteiger partial charge in [0.1, 0.15) is 6.61 Å². The van der Waals surface area contributed by atoms with Crippen LogP contribution in [0.5, 0.6) is 0 Å². The molecule has 0 aromatic carbocycles. The van der Waals surface area contributed by atoms with Gasteiger partial charge in [-0.3, -0.25) is 18.6 Å². The third kappa shape index (κ3) is 79.0. The summed E-state index contributed by atoms with van der Waals surface area (Å²) in [5.41, 5.74) is 5.42. The summed E-state index contributed by atoms with van der Waals surface area (Å²) in [6.45, 7) is 3.56. The fourth-order valence-electron chi connectivity index (χ4n) is 11.3. The van der Waals surface area contributed by atoms with E-state index in [0.29, 0.717) is 6.42 Å². The molecule has 95 heavy (non-hydrogen) atoms. The third-order valence-corrected chi connectivity index (χ3v) is 18.0. The average Bonchev–Trinajstić information content (AvgIpc) is 2.64. The molecule has 0 aliphatic carbocycles. The maximum atomic E-state index is 12.8. The molecule has 0 radical (unpaired) electrons. The molecule has 0 aliphatic heterocycles. The molecule has 0 fully saturated rings. The molecule has 546 valence electrons. The first-order chi connectivity index (χ1) is 46.8. The number of allylic oxidation sites excluding steroid dienone is 22. The summed E-state index contributed by atoms with van der Waals surface area (Å²) in [4.78, 5) is 35.5. The van der Waals surface area contributed by atoms with Crippen molar-refractivity contribution in [1.29, 1.82) is 0 Å². The molecule has 0 aromatic rings. The Hall–Kier alpha value is -3.85. The second-order valence-corrected chi connectivity index (χ2v) is 27.6. The van der Waals surface area contributed by atoms with Crippen molar-refractivity contribution in [2.45, 2.75) is 367 Å². The zero-order chi connectivity index (χ0) is 68.6. The molecule has 2 unspecified atom stereocenters. The van der Waals surface area contributed by atoms with Gasteiger partial charge in [-0.2, -0.15) is 0 Å². The average molecular weight is 1340 g/mol. The van der Waals surface area contributed by atoms with E-state index in [0.717, 1.165) is 109 Å². The number of hydrogen-bond donors (Lipinski definition) is 2. The van der Waals surface area contributed by atoms with E-state index in [9.17, 15) is 19.0 Å². The Kier molecular flexibility index (Phi) is 75.9. The maximum Gasteiger partial charge on any atom is 0.472 e. The van der Waals surface area contributed by atoms with Gasteiger partial charge in [0.15, 0.2) is 6.10 Å². The minimum absolute atomic E-state index is 0.0515. The maximum absolute atomic E-state index is 12.8. The molecule has 10 heteroatoms. The van der Waals surface area contributed by atoms with Crippen LogP contribution in [-0.4, -0.2) is 49.3 Å². The number of esters is 2. The minimum atomic E-state index is -4.40. The second kappa shape index (κ2) is 79.1. The molecular weight excluding hydrogens is 1190 g/mol. The molecule has 0 aromatic heterocycles. The number of carbonyl (C=O) groups is 2. The van der Waals surface area contributed by atoms with Gasteiger partial charge in [0, 0.05) is 19.4 Å². The van der Waals surface area contributed by atoms with Gasteiger partial charge < -0.3 is 20.1 Å². The zero-order valence-electron chi connectivity index (χ0n) is 61.6. The van der Waals surface area contributed by atoms with Gasteiger partial charge in [0.2, 0.25) is 0 Å². The monoisotopic (exact) mass is 1340 g/mol. The summed E-state index contributed by atoms with van der Waals surface area (Å²) in [7, 11) is -4.40. The van der Waals surface area contributed by atoms with E-state index < -0.39 is 26.5 Å². The molecular formula is C85H148NO8P. The number of hydrogen-bond acceptors (Lipinski definition) is 8. The van der Waals surface area contributed by atoms with Gasteiger partial charge >= 0.3 is 19.8 Å². The second-order valence-electron chi connectivity index (χ2n) is 26.2. The number of rotatable bonds is 74. The Bertz CT molecular complexity index is 2030. The highest BCUT2D eigenvalue weighted by Crippen LogP contribution is 2.43. The van der Waals surface area contributed by atoms with E-state index in [1.54, 1.807) is 0 Å². The molecule has 0 aliphatic rings. The van der Waals surface area contributed by atoms with E-state index >= 15 is 0 Å². The van der Waals surface area contributed by atoms with Crippen molar-refractivity contribution in [2.24, 2.45) is 5.73 Å². The number of nitrogens with two attached hydrogens (primary N) is 1. The number of carbonyl (C=O) groups excluding carboxylic acids is 2. The molecule has 0 saturated heterocycles. The SMILES string of the molecule is CC/C=C\C/C=C\C/C=C\C/C=C\C/C=C\C/C=C\CCCCCCCCCCCCCCCCCCCCC(=O)OC(COC(=O)CCCCCCCCCCCCCCCCCCCCCCC/C=C\C/C=C\C/C=C\C/C=C\C/C=C\CC)COP(=O)(O)OCCN. The van der Waals surface area contributed by atoms with Gasteiger partial charge in [0.05, 0.1) is 13.2 Å². The lowest BCUT2D eigenvalue weighted by molar-refractivity contribution is -0.161. The smallest absolute Gasteiger partial charge is 0.462 e. The van der Waals surface area contributed by atoms with Crippen LogP contribution in [0.3, 0.4) is 0 Å². The van der Waals surface area contributed by atoms with Crippen LogP contribution in [0.15, 0.2) is 134 Å². The number of phosphoric acid groups is 1. The van der Waals surface area contributed by atoms with Gasteiger partial charge in [-0.15, -0.1) is 0 Å². The van der Waals surface area contributed by atoms with Gasteiger partial charge in [-0.25, -0.2) is 4.57 Å². The highest BCUT2D eigenvalue weighted by molar-refractivity contribution is 7.47. The van der Waals surface area contributed by atoms with Crippen LogP contribution in [0.4, 0.5) is 0 Å². The van der Waals surface area contributed by atoms with Crippen molar-refractivity contribution >= 4 is 19.8 Å². The molecule has 3 N–H and O–H groups in total. The van der Waals surface area contributed by atoms with Crippen LogP contribution in [0.1, 0.15) is 361 Å². The summed E-state index contributed by atoms with van der Waals surface area (Å²) >= 11 is 0. The molecule has 0 spiro atoms. The quantitative estimate of drug-likeness (QED) is 0.0264. The molecule has 0 saturated carbocycles. The van der Waals surface area contributed by atoms with Gasteiger partial charge in [-0.05, 0) is 109 Å². The molecule has 0 amide bonds. The minimum Gasteiger partial charge on any atom is -0.462 e. The number of ether oxygens (including phenoxy) is 2. The molecule has 0 bridgehead atoms. The van der Waals surface area contributed by atoms with E-state index in [4.69, 9.17) is 24.3 Å². The summed E-state index contributed by atoms with van der Waals surface area (Å²) < 4.78 is 33.3. The van der Waals surface area contributed by atoms with Crippen LogP contribution >= 0.6 is 7.82 Å². The van der Waals surface area contributed by atoms with E-state index in [2.05, 4.69) is 148 Å². The van der Waals surface area contributed by atoms with Crippen molar-refractivity contribution in [3.8, 4) is 0 Å². The van der Waals surface area contributed by atoms with Crippen LogP contribution < -0.4 is 5.73 Å². The molecule has 2 atom stereocenters. The van der Waals surface area contributed by atoms with Crippen molar-refractivity contribution in [1.82, 2.24) is 0 Å². The lowest BCUT2D eigenvalue weighted by Crippen LogP contribution is -2.29. The van der Waals surface area contributed by atoms with E-state index in [1.807, 2.05) is 0 Å². The Morgan fingerprint density at radius 1 is 0.316 bits per heavy atom. The summed E-state index contributed by atoms with van der Waals surface area (Å²) in [6.07, 6.45) is 113. The topological polar surface area (TPSA) is 134 Å². The predicted molar refractivity (Wildman–Crippen MR) is 413 cm³/mol. The Balaban J connectivity index is 3.80. The Labute approximate surface area is 586 Å². The van der Waals surface area contributed by atoms with Crippen molar-refractivity contribution in [3.63, 3.8) is 0 Å². The standard InChI is InChI=1S/C85H148NO8P/c1-3-5-7-9-11-13-15-17-19-21-23-25-27-29-31-33-35-37-39-41-43-45-47-49-51-53-55-57-59-61-63-65-67-69-71-73-75-77-84(87)91-81-83(82-93-95(89,90)92-80-79-86)94-85(88)78-76-74-72-70-68-66-64-62-60-58-56-54-52-50-48-46-44-42-40-38-36-34-32-30-28-26-24-22-20-18-16-14-12-10-8-6-4-2/h5-8,11-14,17-20,23-26,29-32,36,38,83H,3-4,9-10,15-16,21-22,27-28,33-35,37,39-82,86H2,1-2H3,(H,89,90)/b7-5-,8-6-,13-11-,14-12-,19-17-,20-18-,25-23-,26-24-,31-29-,32-30-,38-36-. The highest BCUT2D eigenvalue weighted by atomic mass is 31.2. The van der Waals surface area contributed by atoms with Crippen molar-refractivity contribution < 1.29 is 37.6 Å². The van der Waals surface area contributed by atoms with Crippen LogP contribution in [0.25, 0.3) is 0 Å². The van der Waals surface area contributed by atoms with E-state index in [-0.39, 0.29) is 38.6 Å². The summed E-state index contributed by atoms with van der Waals surface area (Å²) in [5.74, 6) is -0.814. The molecule has 0 heterocycles. The lowest BCUT2D eigenvalue weighted by Gasteiger charge is -2.19. The first-order valence-electron chi connectivity index (χ1n) is 39.7. The van der Waals surface area contributed by atoms with Gasteiger partial charge in [0.25, 0.3) is 0 Å². The van der Waals surface area contributed by atoms with Crippen LogP contribution in [0, 0.1) is 0 Å². The predicted octanol–water partition coefficient (Wildman–Crippen LogP) is 26.8. The zero-order valence-corrected chi connectivity index (χ0v) is 62.5. The molecule has 9 nitrogen and oxygen atoms in total.